The van der Waals surface area contributed by atoms with Crippen LogP contribution in [0.3, 0.4) is 0 Å². The smallest absolute Gasteiger partial charge is 0.342 e. The number of carbonyl (C=O) groups excluding carboxylic acids is 1. The van der Waals surface area contributed by atoms with E-state index in [0.29, 0.717) is 13.0 Å². The van der Waals surface area contributed by atoms with E-state index in [1.54, 1.807) is 0 Å². The van der Waals surface area contributed by atoms with Gasteiger partial charge in [-0.1, -0.05) is 0 Å². The number of hydrogen-bond acceptors (Lipinski definition) is 6. The Hall–Kier alpha value is -1.38. The number of sulfonamides is 1. The van der Waals surface area contributed by atoms with Crippen molar-refractivity contribution in [2.75, 3.05) is 20.2 Å². The molecule has 7 nitrogen and oxygen atoms in total. The zero-order chi connectivity index (χ0) is 15.1. The number of carbonyl (C=O) groups is 1. The van der Waals surface area contributed by atoms with Crippen molar-refractivity contribution < 1.29 is 22.4 Å². The number of nitrogens with two attached hydrogens (primary N) is 1. The van der Waals surface area contributed by atoms with Gasteiger partial charge in [0.2, 0.25) is 10.0 Å². The molecule has 2 rings (SSSR count). The predicted octanol–water partition coefficient (Wildman–Crippen LogP) is 0.405. The van der Waals surface area contributed by atoms with E-state index in [9.17, 15) is 13.2 Å². The lowest BCUT2D eigenvalue weighted by Gasteiger charge is -2.16. The van der Waals surface area contributed by atoms with Crippen molar-refractivity contribution in [3.05, 3.63) is 17.1 Å². The minimum atomic E-state index is -3.81. The molecule has 0 radical (unpaired) electrons. The molecule has 8 heteroatoms. The fourth-order valence-electron chi connectivity index (χ4n) is 2.41. The molecular weight excluding hydrogens is 284 g/mol. The number of furan rings is 1. The number of aryl methyl sites for hydroxylation is 2. The average Bonchev–Trinajstić information content (AvgIpc) is 2.92. The molecule has 1 saturated heterocycles. The van der Waals surface area contributed by atoms with Gasteiger partial charge in [-0.3, -0.25) is 0 Å². The second-order valence-corrected chi connectivity index (χ2v) is 6.70. The molecule has 0 spiro atoms. The molecule has 1 aromatic rings. The van der Waals surface area contributed by atoms with Gasteiger partial charge in [-0.15, -0.1) is 0 Å². The number of hydrogen-bond donors (Lipinski definition) is 1. The van der Waals surface area contributed by atoms with Gasteiger partial charge in [-0.05, 0) is 20.3 Å². The van der Waals surface area contributed by atoms with Crippen molar-refractivity contribution in [3.8, 4) is 0 Å². The molecule has 1 aromatic heterocycles. The van der Waals surface area contributed by atoms with Crippen LogP contribution in [0.2, 0.25) is 0 Å². The second-order valence-electron chi connectivity index (χ2n) is 4.82. The molecule has 2 N–H and O–H groups in total. The fraction of sp³-hybridized carbons (Fsp3) is 0.583. The van der Waals surface area contributed by atoms with E-state index in [1.807, 2.05) is 0 Å². The third-order valence-corrected chi connectivity index (χ3v) is 5.40. The predicted molar refractivity (Wildman–Crippen MR) is 70.9 cm³/mol. The third-order valence-electron chi connectivity index (χ3n) is 3.38. The first kappa shape index (κ1) is 15.0. The molecule has 20 heavy (non-hydrogen) atoms. The molecule has 0 unspecified atom stereocenters. The van der Waals surface area contributed by atoms with Crippen molar-refractivity contribution in [1.29, 1.82) is 0 Å². The highest BCUT2D eigenvalue weighted by molar-refractivity contribution is 7.89. The first-order valence-corrected chi connectivity index (χ1v) is 7.67. The molecule has 0 aromatic carbocycles. The first-order chi connectivity index (χ1) is 9.28. The van der Waals surface area contributed by atoms with Gasteiger partial charge in [0.15, 0.2) is 0 Å². The zero-order valence-corrected chi connectivity index (χ0v) is 12.5. The van der Waals surface area contributed by atoms with Crippen LogP contribution in [-0.2, 0) is 14.8 Å². The summed E-state index contributed by atoms with van der Waals surface area (Å²) < 4.78 is 36.5. The zero-order valence-electron chi connectivity index (χ0n) is 11.7. The highest BCUT2D eigenvalue weighted by Gasteiger charge is 2.38. The van der Waals surface area contributed by atoms with Crippen LogP contribution in [0.4, 0.5) is 0 Å². The van der Waals surface area contributed by atoms with Crippen LogP contribution in [-0.4, -0.2) is 44.9 Å². The monoisotopic (exact) mass is 302 g/mol. The van der Waals surface area contributed by atoms with Crippen LogP contribution in [0, 0.1) is 13.8 Å². The summed E-state index contributed by atoms with van der Waals surface area (Å²) in [7, 11) is -2.61. The summed E-state index contributed by atoms with van der Waals surface area (Å²) >= 11 is 0. The fourth-order valence-corrected chi connectivity index (χ4v) is 4.30. The van der Waals surface area contributed by atoms with Gasteiger partial charge >= 0.3 is 5.97 Å². The molecular formula is C12H18N2O5S. The lowest BCUT2D eigenvalue weighted by Crippen LogP contribution is -2.33. The van der Waals surface area contributed by atoms with Crippen LogP contribution in [0.1, 0.15) is 28.3 Å². The third kappa shape index (κ3) is 2.34. The van der Waals surface area contributed by atoms with Gasteiger partial charge in [0, 0.05) is 19.1 Å². The number of esters is 1. The summed E-state index contributed by atoms with van der Waals surface area (Å²) in [6, 6.07) is -0.181. The summed E-state index contributed by atoms with van der Waals surface area (Å²) in [5.74, 6) is -0.304. The lowest BCUT2D eigenvalue weighted by molar-refractivity contribution is 0.0594. The van der Waals surface area contributed by atoms with E-state index < -0.39 is 16.0 Å². The maximum absolute atomic E-state index is 12.7. The van der Waals surface area contributed by atoms with Gasteiger partial charge in [-0.2, -0.15) is 4.31 Å². The molecule has 1 aliphatic rings. The van der Waals surface area contributed by atoms with Crippen LogP contribution in [0.15, 0.2) is 9.31 Å². The lowest BCUT2D eigenvalue weighted by atomic mass is 10.2. The maximum Gasteiger partial charge on any atom is 0.342 e. The topological polar surface area (TPSA) is 103 Å². The van der Waals surface area contributed by atoms with E-state index in [4.69, 9.17) is 10.2 Å². The van der Waals surface area contributed by atoms with Gasteiger partial charge < -0.3 is 14.9 Å². The maximum atomic E-state index is 12.7. The Kier molecular flexibility index (Phi) is 3.90. The van der Waals surface area contributed by atoms with E-state index in [0.717, 1.165) is 0 Å². The first-order valence-electron chi connectivity index (χ1n) is 6.23. The minimum Gasteiger partial charge on any atom is -0.465 e. The Morgan fingerprint density at radius 3 is 2.55 bits per heavy atom. The SMILES string of the molecule is COC(=O)c1c(C)oc(C)c1S(=O)(=O)N1CC[C@@H](N)C1. The Balaban J connectivity index is 2.54. The van der Waals surface area contributed by atoms with E-state index >= 15 is 0 Å². The van der Waals surface area contributed by atoms with E-state index in [1.165, 1.54) is 25.3 Å². The van der Waals surface area contributed by atoms with Crippen molar-refractivity contribution in [3.63, 3.8) is 0 Å². The summed E-state index contributed by atoms with van der Waals surface area (Å²) in [6.07, 6.45) is 0.600. The van der Waals surface area contributed by atoms with Crippen molar-refractivity contribution >= 4 is 16.0 Å². The quantitative estimate of drug-likeness (QED) is 0.811. The highest BCUT2D eigenvalue weighted by Crippen LogP contribution is 2.31. The normalized spacial score (nSPS) is 20.3. The summed E-state index contributed by atoms with van der Waals surface area (Å²) in [6.45, 7) is 3.64. The molecule has 0 amide bonds. The van der Waals surface area contributed by atoms with Gasteiger partial charge in [-0.25, -0.2) is 13.2 Å². The number of rotatable bonds is 3. The van der Waals surface area contributed by atoms with Crippen LogP contribution in [0.25, 0.3) is 0 Å². The Morgan fingerprint density at radius 2 is 2.05 bits per heavy atom. The minimum absolute atomic E-state index is 0.0366. The molecule has 0 saturated carbocycles. The van der Waals surface area contributed by atoms with Gasteiger partial charge in [0.05, 0.1) is 7.11 Å². The number of methoxy groups -OCH3 is 1. The number of ether oxygens (including phenoxy) is 1. The van der Waals surface area contributed by atoms with E-state index in [-0.39, 0.29) is 34.6 Å². The van der Waals surface area contributed by atoms with E-state index in [2.05, 4.69) is 4.74 Å². The average molecular weight is 302 g/mol. The van der Waals surface area contributed by atoms with Crippen molar-refractivity contribution in [2.45, 2.75) is 31.2 Å². The van der Waals surface area contributed by atoms with Crippen LogP contribution in [0.5, 0.6) is 0 Å². The van der Waals surface area contributed by atoms with Gasteiger partial charge in [0.1, 0.15) is 22.0 Å². The Bertz CT molecular complexity index is 635. The Morgan fingerprint density at radius 1 is 1.40 bits per heavy atom. The number of nitrogens with zero attached hydrogens (tertiary/aromatic N) is 1. The summed E-state index contributed by atoms with van der Waals surface area (Å²) in [4.78, 5) is 11.7. The summed E-state index contributed by atoms with van der Waals surface area (Å²) in [5, 5.41) is 0. The molecule has 0 bridgehead atoms. The highest BCUT2D eigenvalue weighted by atomic mass is 32.2. The largest absolute Gasteiger partial charge is 0.465 e. The van der Waals surface area contributed by atoms with Crippen LogP contribution < -0.4 is 5.73 Å². The molecule has 1 aliphatic heterocycles. The van der Waals surface area contributed by atoms with Crippen LogP contribution >= 0.6 is 0 Å². The second kappa shape index (κ2) is 5.19. The van der Waals surface area contributed by atoms with Gasteiger partial charge in [0.25, 0.3) is 0 Å². The molecule has 112 valence electrons. The standard InChI is InChI=1S/C12H18N2O5S/c1-7-10(12(15)18-3)11(8(2)19-7)20(16,17)14-5-4-9(13)6-14/h9H,4-6,13H2,1-3H3/t9-/m1/s1. The summed E-state index contributed by atoms with van der Waals surface area (Å²) in [5.41, 5.74) is 5.71. The molecule has 1 atom stereocenters. The molecule has 2 heterocycles. The van der Waals surface area contributed by atoms with Crippen molar-refractivity contribution in [1.82, 2.24) is 4.31 Å². The molecule has 0 aliphatic carbocycles. The Labute approximate surface area is 117 Å². The van der Waals surface area contributed by atoms with Crippen molar-refractivity contribution in [2.24, 2.45) is 5.73 Å². The molecule has 1 fully saturated rings.